The van der Waals surface area contributed by atoms with Crippen LogP contribution in [0.5, 0.6) is 0 Å². The van der Waals surface area contributed by atoms with Gasteiger partial charge in [0, 0.05) is 25.2 Å². The van der Waals surface area contributed by atoms with Crippen molar-refractivity contribution in [2.45, 2.75) is 6.54 Å². The lowest BCUT2D eigenvalue weighted by Gasteiger charge is -2.26. The van der Waals surface area contributed by atoms with E-state index in [-0.39, 0.29) is 10.8 Å². The van der Waals surface area contributed by atoms with E-state index in [0.29, 0.717) is 12.1 Å². The molecule has 1 fully saturated rings. The molecule has 2 rings (SSSR count). The number of halogens is 1. The van der Waals surface area contributed by atoms with Crippen LogP contribution in [-0.2, 0) is 11.3 Å². The van der Waals surface area contributed by atoms with Gasteiger partial charge in [-0.2, -0.15) is 0 Å². The minimum absolute atomic E-state index is 0.229. The molecule has 1 aliphatic heterocycles. The molecule has 0 atom stereocenters. The van der Waals surface area contributed by atoms with Gasteiger partial charge >= 0.3 is 0 Å². The van der Waals surface area contributed by atoms with E-state index >= 15 is 0 Å². The van der Waals surface area contributed by atoms with Gasteiger partial charge in [0.1, 0.15) is 10.8 Å². The summed E-state index contributed by atoms with van der Waals surface area (Å²) in [5, 5.41) is 0. The maximum absolute atomic E-state index is 13.4. The van der Waals surface area contributed by atoms with Crippen LogP contribution in [-0.4, -0.2) is 36.2 Å². The first-order valence-corrected chi connectivity index (χ1v) is 5.95. The summed E-state index contributed by atoms with van der Waals surface area (Å²) in [7, 11) is 0. The summed E-state index contributed by atoms with van der Waals surface area (Å²) in [6.07, 6.45) is 0. The number of ether oxygens (including phenoxy) is 1. The lowest BCUT2D eigenvalue weighted by molar-refractivity contribution is 0.0341. The van der Waals surface area contributed by atoms with E-state index in [4.69, 9.17) is 22.7 Å². The van der Waals surface area contributed by atoms with E-state index in [9.17, 15) is 4.39 Å². The van der Waals surface area contributed by atoms with Crippen LogP contribution in [0, 0.1) is 5.82 Å². The fraction of sp³-hybridized carbons (Fsp3) is 0.417. The molecule has 1 aromatic carbocycles. The Morgan fingerprint density at radius 3 is 2.71 bits per heavy atom. The summed E-state index contributed by atoms with van der Waals surface area (Å²) in [4.78, 5) is 2.45. The molecule has 0 spiro atoms. The topological polar surface area (TPSA) is 38.5 Å². The van der Waals surface area contributed by atoms with Gasteiger partial charge < -0.3 is 10.5 Å². The van der Waals surface area contributed by atoms with Gasteiger partial charge in [-0.3, -0.25) is 4.90 Å². The minimum atomic E-state index is -0.293. The number of nitrogens with zero attached hydrogens (tertiary/aromatic N) is 1. The first-order valence-electron chi connectivity index (χ1n) is 5.54. The number of morpholine rings is 1. The molecular formula is C12H15FN2OS. The van der Waals surface area contributed by atoms with Crippen molar-refractivity contribution in [1.29, 1.82) is 0 Å². The van der Waals surface area contributed by atoms with Crippen LogP contribution in [0.15, 0.2) is 18.2 Å². The van der Waals surface area contributed by atoms with E-state index in [1.54, 1.807) is 0 Å². The first-order chi connectivity index (χ1) is 8.15. The molecule has 92 valence electrons. The lowest BCUT2D eigenvalue weighted by Crippen LogP contribution is -2.35. The molecule has 1 heterocycles. The molecule has 1 aromatic rings. The number of rotatable bonds is 3. The standard InChI is InChI=1S/C12H15FN2OS/c13-11-6-9(5-10(7-11)12(14)17)8-15-1-3-16-4-2-15/h5-7H,1-4,8H2,(H2,14,17). The van der Waals surface area contributed by atoms with E-state index < -0.39 is 0 Å². The summed E-state index contributed by atoms with van der Waals surface area (Å²) in [6.45, 7) is 3.92. The Labute approximate surface area is 105 Å². The zero-order valence-corrected chi connectivity index (χ0v) is 10.3. The Bertz CT molecular complexity index is 419. The van der Waals surface area contributed by atoms with Crippen LogP contribution in [0.3, 0.4) is 0 Å². The second-order valence-corrected chi connectivity index (χ2v) is 4.54. The molecule has 0 radical (unpaired) electrons. The zero-order valence-electron chi connectivity index (χ0n) is 9.49. The predicted octanol–water partition coefficient (Wildman–Crippen LogP) is 1.29. The summed E-state index contributed by atoms with van der Waals surface area (Å²) < 4.78 is 18.7. The van der Waals surface area contributed by atoms with Crippen LogP contribution in [0.2, 0.25) is 0 Å². The van der Waals surface area contributed by atoms with E-state index in [1.807, 2.05) is 6.07 Å². The van der Waals surface area contributed by atoms with Gasteiger partial charge in [-0.15, -0.1) is 0 Å². The second kappa shape index (κ2) is 5.53. The average Bonchev–Trinajstić information content (AvgIpc) is 2.29. The Balaban J connectivity index is 2.11. The smallest absolute Gasteiger partial charge is 0.124 e. The van der Waals surface area contributed by atoms with Crippen molar-refractivity contribution in [2.24, 2.45) is 5.73 Å². The van der Waals surface area contributed by atoms with Gasteiger partial charge in [-0.25, -0.2) is 4.39 Å². The van der Waals surface area contributed by atoms with Gasteiger partial charge in [0.15, 0.2) is 0 Å². The Kier molecular flexibility index (Phi) is 4.04. The van der Waals surface area contributed by atoms with E-state index in [2.05, 4.69) is 4.90 Å². The largest absolute Gasteiger partial charge is 0.389 e. The summed E-state index contributed by atoms with van der Waals surface area (Å²) in [6, 6.07) is 4.74. The molecule has 0 aromatic heterocycles. The molecule has 0 unspecified atom stereocenters. The van der Waals surface area contributed by atoms with Crippen LogP contribution in [0.4, 0.5) is 4.39 Å². The number of thiocarbonyl (C=S) groups is 1. The highest BCUT2D eigenvalue weighted by Crippen LogP contribution is 2.12. The third-order valence-electron chi connectivity index (χ3n) is 2.75. The highest BCUT2D eigenvalue weighted by atomic mass is 32.1. The van der Waals surface area contributed by atoms with Crippen molar-refractivity contribution < 1.29 is 9.13 Å². The molecule has 0 bridgehead atoms. The first kappa shape index (κ1) is 12.4. The fourth-order valence-corrected chi connectivity index (χ4v) is 2.02. The molecule has 2 N–H and O–H groups in total. The van der Waals surface area contributed by atoms with Crippen molar-refractivity contribution in [3.63, 3.8) is 0 Å². The molecule has 5 heteroatoms. The predicted molar refractivity (Wildman–Crippen MR) is 68.4 cm³/mol. The van der Waals surface area contributed by atoms with Crippen LogP contribution in [0.25, 0.3) is 0 Å². The Morgan fingerprint density at radius 1 is 1.35 bits per heavy atom. The Morgan fingerprint density at radius 2 is 2.06 bits per heavy atom. The van der Waals surface area contributed by atoms with Crippen molar-refractivity contribution in [2.75, 3.05) is 26.3 Å². The highest BCUT2D eigenvalue weighted by molar-refractivity contribution is 7.80. The van der Waals surface area contributed by atoms with Gasteiger partial charge in [0.2, 0.25) is 0 Å². The zero-order chi connectivity index (χ0) is 12.3. The number of hydrogen-bond acceptors (Lipinski definition) is 3. The molecule has 1 saturated heterocycles. The van der Waals surface area contributed by atoms with Crippen molar-refractivity contribution in [3.05, 3.63) is 35.1 Å². The molecular weight excluding hydrogens is 239 g/mol. The number of benzene rings is 1. The van der Waals surface area contributed by atoms with E-state index in [0.717, 1.165) is 31.9 Å². The summed E-state index contributed by atoms with van der Waals surface area (Å²) in [5.74, 6) is -0.293. The molecule has 0 aliphatic carbocycles. The van der Waals surface area contributed by atoms with Crippen molar-refractivity contribution in [1.82, 2.24) is 4.90 Å². The van der Waals surface area contributed by atoms with Crippen molar-refractivity contribution >= 4 is 17.2 Å². The van der Waals surface area contributed by atoms with E-state index in [1.165, 1.54) is 12.1 Å². The van der Waals surface area contributed by atoms with Gasteiger partial charge in [-0.1, -0.05) is 12.2 Å². The van der Waals surface area contributed by atoms with Gasteiger partial charge in [0.05, 0.1) is 13.2 Å². The number of hydrogen-bond donors (Lipinski definition) is 1. The van der Waals surface area contributed by atoms with Crippen LogP contribution >= 0.6 is 12.2 Å². The summed E-state index contributed by atoms with van der Waals surface area (Å²) >= 11 is 4.86. The van der Waals surface area contributed by atoms with Crippen LogP contribution < -0.4 is 5.73 Å². The maximum atomic E-state index is 13.4. The number of nitrogens with two attached hydrogens (primary N) is 1. The van der Waals surface area contributed by atoms with Crippen LogP contribution in [0.1, 0.15) is 11.1 Å². The monoisotopic (exact) mass is 254 g/mol. The molecule has 0 amide bonds. The molecule has 1 aliphatic rings. The maximum Gasteiger partial charge on any atom is 0.124 e. The third kappa shape index (κ3) is 3.46. The summed E-state index contributed by atoms with van der Waals surface area (Å²) in [5.41, 5.74) is 7.00. The lowest BCUT2D eigenvalue weighted by atomic mass is 10.1. The van der Waals surface area contributed by atoms with Gasteiger partial charge in [-0.05, 0) is 23.8 Å². The molecule has 3 nitrogen and oxygen atoms in total. The Hall–Kier alpha value is -1.04. The normalized spacial score (nSPS) is 17.0. The molecule has 17 heavy (non-hydrogen) atoms. The quantitative estimate of drug-likeness (QED) is 0.825. The van der Waals surface area contributed by atoms with Gasteiger partial charge in [0.25, 0.3) is 0 Å². The van der Waals surface area contributed by atoms with Crippen molar-refractivity contribution in [3.8, 4) is 0 Å². The fourth-order valence-electron chi connectivity index (χ4n) is 1.90. The third-order valence-corrected chi connectivity index (χ3v) is 2.99. The average molecular weight is 254 g/mol. The SMILES string of the molecule is NC(=S)c1cc(F)cc(CN2CCOCC2)c1. The minimum Gasteiger partial charge on any atom is -0.389 e. The second-order valence-electron chi connectivity index (χ2n) is 4.10. The highest BCUT2D eigenvalue weighted by Gasteiger charge is 2.12. The molecule has 0 saturated carbocycles.